The third-order valence-electron chi connectivity index (χ3n) is 6.05. The molecule has 3 aliphatic heterocycles. The summed E-state index contributed by atoms with van der Waals surface area (Å²) in [7, 11) is 0. The molecule has 0 aliphatic carbocycles. The molecule has 5 heterocycles. The maximum atomic E-state index is 5.86. The van der Waals surface area contributed by atoms with Crippen LogP contribution in [0.4, 0.5) is 17.5 Å². The van der Waals surface area contributed by atoms with Gasteiger partial charge in [0.2, 0.25) is 0 Å². The minimum atomic E-state index is -0.358. The Balaban J connectivity index is 1.26. The van der Waals surface area contributed by atoms with E-state index in [0.717, 1.165) is 75.4 Å². The second-order valence-corrected chi connectivity index (χ2v) is 7.89. The van der Waals surface area contributed by atoms with Crippen LogP contribution in [0.1, 0.15) is 18.7 Å². The standard InChI is InChI=1S/C21H28N6O2/c1-17-23-19(25-8-5-21(6-9-25)28-14-15-29-21)16-20(24-17)27-12-10-26(11-13-27)18-4-2-3-7-22-18/h2-4,7,16H,5-6,8-15H2,1H3. The highest BCUT2D eigenvalue weighted by Gasteiger charge is 2.40. The first-order chi connectivity index (χ1) is 14.2. The summed E-state index contributed by atoms with van der Waals surface area (Å²) in [5.74, 6) is 3.53. The maximum Gasteiger partial charge on any atom is 0.171 e. The van der Waals surface area contributed by atoms with Crippen LogP contribution >= 0.6 is 0 Å². The van der Waals surface area contributed by atoms with Crippen molar-refractivity contribution in [1.82, 2.24) is 15.0 Å². The summed E-state index contributed by atoms with van der Waals surface area (Å²) in [6.07, 6.45) is 3.62. The molecule has 0 bridgehead atoms. The minimum Gasteiger partial charge on any atom is -0.356 e. The van der Waals surface area contributed by atoms with Gasteiger partial charge in [-0.25, -0.2) is 15.0 Å². The van der Waals surface area contributed by atoms with E-state index >= 15 is 0 Å². The summed E-state index contributed by atoms with van der Waals surface area (Å²) in [5.41, 5.74) is 0. The Morgan fingerprint density at radius 1 is 0.793 bits per heavy atom. The van der Waals surface area contributed by atoms with Crippen LogP contribution in [0.5, 0.6) is 0 Å². The average Bonchev–Trinajstić information content (AvgIpc) is 3.22. The first-order valence-corrected chi connectivity index (χ1v) is 10.5. The predicted octanol–water partition coefficient (Wildman–Crippen LogP) is 1.85. The highest BCUT2D eigenvalue weighted by molar-refractivity contribution is 5.53. The average molecular weight is 396 g/mol. The fraction of sp³-hybridized carbons (Fsp3) is 0.571. The molecular formula is C21H28N6O2. The fourth-order valence-electron chi connectivity index (χ4n) is 4.43. The quantitative estimate of drug-likeness (QED) is 0.779. The van der Waals surface area contributed by atoms with E-state index in [1.54, 1.807) is 0 Å². The summed E-state index contributed by atoms with van der Waals surface area (Å²) in [6.45, 7) is 8.92. The molecule has 1 spiro atoms. The molecule has 3 aliphatic rings. The SMILES string of the molecule is Cc1nc(N2CCN(c3ccccn3)CC2)cc(N2CCC3(CC2)OCCO3)n1. The highest BCUT2D eigenvalue weighted by atomic mass is 16.7. The van der Waals surface area contributed by atoms with Crippen molar-refractivity contribution in [3.05, 3.63) is 36.3 Å². The van der Waals surface area contributed by atoms with Crippen molar-refractivity contribution in [2.75, 3.05) is 67.2 Å². The Morgan fingerprint density at radius 2 is 1.38 bits per heavy atom. The summed E-state index contributed by atoms with van der Waals surface area (Å²) < 4.78 is 11.7. The van der Waals surface area contributed by atoms with Gasteiger partial charge in [-0.05, 0) is 19.1 Å². The lowest BCUT2D eigenvalue weighted by atomic mass is 10.0. The monoisotopic (exact) mass is 396 g/mol. The van der Waals surface area contributed by atoms with Crippen LogP contribution < -0.4 is 14.7 Å². The minimum absolute atomic E-state index is 0.358. The summed E-state index contributed by atoms with van der Waals surface area (Å²) >= 11 is 0. The molecule has 0 aromatic carbocycles. The molecular weight excluding hydrogens is 368 g/mol. The number of rotatable bonds is 3. The molecule has 154 valence electrons. The van der Waals surface area contributed by atoms with Gasteiger partial charge in [0.1, 0.15) is 23.3 Å². The molecule has 0 atom stereocenters. The maximum absolute atomic E-state index is 5.86. The Kier molecular flexibility index (Phi) is 4.97. The molecule has 5 rings (SSSR count). The topological polar surface area (TPSA) is 66.9 Å². The van der Waals surface area contributed by atoms with Gasteiger partial charge in [0, 0.05) is 64.4 Å². The zero-order chi connectivity index (χ0) is 19.7. The number of piperazine rings is 1. The van der Waals surface area contributed by atoms with Crippen molar-refractivity contribution in [3.8, 4) is 0 Å². The van der Waals surface area contributed by atoms with Crippen LogP contribution in [-0.2, 0) is 9.47 Å². The van der Waals surface area contributed by atoms with Crippen LogP contribution in [0.2, 0.25) is 0 Å². The molecule has 8 nitrogen and oxygen atoms in total. The van der Waals surface area contributed by atoms with Gasteiger partial charge in [0.15, 0.2) is 5.79 Å². The second kappa shape index (κ2) is 7.76. The molecule has 0 saturated carbocycles. The van der Waals surface area contributed by atoms with Gasteiger partial charge < -0.3 is 24.2 Å². The Bertz CT molecular complexity index is 824. The van der Waals surface area contributed by atoms with Gasteiger partial charge in [0.25, 0.3) is 0 Å². The molecule has 0 radical (unpaired) electrons. The van der Waals surface area contributed by atoms with Crippen molar-refractivity contribution in [2.45, 2.75) is 25.6 Å². The smallest absolute Gasteiger partial charge is 0.171 e. The van der Waals surface area contributed by atoms with Crippen molar-refractivity contribution in [3.63, 3.8) is 0 Å². The molecule has 3 saturated heterocycles. The predicted molar refractivity (Wildman–Crippen MR) is 112 cm³/mol. The van der Waals surface area contributed by atoms with Crippen molar-refractivity contribution < 1.29 is 9.47 Å². The molecule has 29 heavy (non-hydrogen) atoms. The van der Waals surface area contributed by atoms with Crippen molar-refractivity contribution in [2.24, 2.45) is 0 Å². The molecule has 0 amide bonds. The van der Waals surface area contributed by atoms with E-state index in [1.807, 2.05) is 25.3 Å². The molecule has 0 unspecified atom stereocenters. The molecule has 8 heteroatoms. The number of hydrogen-bond acceptors (Lipinski definition) is 8. The lowest BCUT2D eigenvalue weighted by Gasteiger charge is -2.39. The van der Waals surface area contributed by atoms with E-state index < -0.39 is 0 Å². The zero-order valence-corrected chi connectivity index (χ0v) is 17.0. The third-order valence-corrected chi connectivity index (χ3v) is 6.05. The molecule has 3 fully saturated rings. The molecule has 0 N–H and O–H groups in total. The number of pyridine rings is 1. The van der Waals surface area contributed by atoms with Gasteiger partial charge in [0.05, 0.1) is 13.2 Å². The lowest BCUT2D eigenvalue weighted by Crippen LogP contribution is -2.47. The number of nitrogens with zero attached hydrogens (tertiary/aromatic N) is 6. The van der Waals surface area contributed by atoms with Crippen LogP contribution in [0.25, 0.3) is 0 Å². The number of ether oxygens (including phenoxy) is 2. The van der Waals surface area contributed by atoms with Gasteiger partial charge in [-0.3, -0.25) is 0 Å². The summed E-state index contributed by atoms with van der Waals surface area (Å²) in [5, 5.41) is 0. The van der Waals surface area contributed by atoms with Gasteiger partial charge in [-0.1, -0.05) is 6.07 Å². The van der Waals surface area contributed by atoms with Crippen LogP contribution in [-0.4, -0.2) is 73.2 Å². The Labute approximate surface area is 171 Å². The summed E-state index contributed by atoms with van der Waals surface area (Å²) in [4.78, 5) is 20.9. The van der Waals surface area contributed by atoms with E-state index in [9.17, 15) is 0 Å². The summed E-state index contributed by atoms with van der Waals surface area (Å²) in [6, 6.07) is 8.21. The highest BCUT2D eigenvalue weighted by Crippen LogP contribution is 2.33. The number of piperidine rings is 1. The number of aromatic nitrogens is 3. The molecule has 2 aromatic heterocycles. The van der Waals surface area contributed by atoms with E-state index in [0.29, 0.717) is 13.2 Å². The van der Waals surface area contributed by atoms with E-state index in [4.69, 9.17) is 19.4 Å². The second-order valence-electron chi connectivity index (χ2n) is 7.89. The van der Waals surface area contributed by atoms with Crippen molar-refractivity contribution >= 4 is 17.5 Å². The fourth-order valence-corrected chi connectivity index (χ4v) is 4.43. The largest absolute Gasteiger partial charge is 0.356 e. The Hall–Kier alpha value is -2.45. The van der Waals surface area contributed by atoms with E-state index in [1.165, 1.54) is 0 Å². The van der Waals surface area contributed by atoms with Gasteiger partial charge in [-0.2, -0.15) is 0 Å². The van der Waals surface area contributed by atoms with Gasteiger partial charge >= 0.3 is 0 Å². The van der Waals surface area contributed by atoms with Crippen LogP contribution in [0.15, 0.2) is 30.5 Å². The number of anilines is 3. The van der Waals surface area contributed by atoms with Crippen molar-refractivity contribution in [1.29, 1.82) is 0 Å². The van der Waals surface area contributed by atoms with Gasteiger partial charge in [-0.15, -0.1) is 0 Å². The Morgan fingerprint density at radius 3 is 1.97 bits per heavy atom. The van der Waals surface area contributed by atoms with Crippen LogP contribution in [0, 0.1) is 6.92 Å². The first-order valence-electron chi connectivity index (χ1n) is 10.5. The van der Waals surface area contributed by atoms with Crippen LogP contribution in [0.3, 0.4) is 0 Å². The normalized spacial score (nSPS) is 21.8. The zero-order valence-electron chi connectivity index (χ0n) is 17.0. The molecule has 2 aromatic rings. The number of hydrogen-bond donors (Lipinski definition) is 0. The van der Waals surface area contributed by atoms with E-state index in [-0.39, 0.29) is 5.79 Å². The van der Waals surface area contributed by atoms with E-state index in [2.05, 4.69) is 31.8 Å². The lowest BCUT2D eigenvalue weighted by molar-refractivity contribution is -0.169. The first kappa shape index (κ1) is 18.6. The third kappa shape index (κ3) is 3.86. The number of aryl methyl sites for hydroxylation is 1.